The summed E-state index contributed by atoms with van der Waals surface area (Å²) in [4.78, 5) is 26.6. The normalized spacial score (nSPS) is 10.4. The molecule has 2 heterocycles. The predicted molar refractivity (Wildman–Crippen MR) is 74.1 cm³/mol. The molecule has 110 valence electrons. The van der Waals surface area contributed by atoms with Crippen LogP contribution in [-0.2, 0) is 11.2 Å². The Labute approximate surface area is 121 Å². The van der Waals surface area contributed by atoms with E-state index in [0.29, 0.717) is 12.2 Å². The molecule has 21 heavy (non-hydrogen) atoms. The lowest BCUT2D eigenvalue weighted by Crippen LogP contribution is -2.14. The van der Waals surface area contributed by atoms with Crippen molar-refractivity contribution in [3.63, 3.8) is 0 Å². The lowest BCUT2D eigenvalue weighted by molar-refractivity contribution is -0.116. The maximum atomic E-state index is 11.9. The quantitative estimate of drug-likeness (QED) is 0.871. The summed E-state index contributed by atoms with van der Waals surface area (Å²) in [6, 6.07) is 2.68. The molecule has 0 radical (unpaired) electrons. The molecule has 0 saturated heterocycles. The molecule has 1 amide bonds. The number of aryl methyl sites for hydroxylation is 2. The Morgan fingerprint density at radius 1 is 1.38 bits per heavy atom. The summed E-state index contributed by atoms with van der Waals surface area (Å²) in [5.74, 6) is -0.390. The third-order valence-electron chi connectivity index (χ3n) is 3.06. The largest absolute Gasteiger partial charge is 0.478 e. The SMILES string of the molecule is Cc1noc(C)c1CCC(=O)Nc1cc(C(=O)O)ccn1. The van der Waals surface area contributed by atoms with Crippen LogP contribution in [0.25, 0.3) is 0 Å². The number of carbonyl (C=O) groups excluding carboxylic acids is 1. The van der Waals surface area contributed by atoms with Crippen molar-refractivity contribution < 1.29 is 19.2 Å². The van der Waals surface area contributed by atoms with Gasteiger partial charge >= 0.3 is 5.97 Å². The number of anilines is 1. The maximum Gasteiger partial charge on any atom is 0.335 e. The van der Waals surface area contributed by atoms with Crippen LogP contribution in [0.5, 0.6) is 0 Å². The van der Waals surface area contributed by atoms with Crippen molar-refractivity contribution in [3.05, 3.63) is 40.9 Å². The van der Waals surface area contributed by atoms with Crippen molar-refractivity contribution in [2.75, 3.05) is 5.32 Å². The molecular weight excluding hydrogens is 274 g/mol. The standard InChI is InChI=1S/C14H15N3O4/c1-8-11(9(2)21-17-8)3-4-13(18)16-12-7-10(14(19)20)5-6-15-12/h5-7H,3-4H2,1-2H3,(H,19,20)(H,15,16,18). The van der Waals surface area contributed by atoms with Crippen LogP contribution in [0.1, 0.15) is 33.8 Å². The number of carbonyl (C=O) groups is 2. The van der Waals surface area contributed by atoms with Gasteiger partial charge in [-0.25, -0.2) is 9.78 Å². The van der Waals surface area contributed by atoms with Crippen molar-refractivity contribution in [2.24, 2.45) is 0 Å². The van der Waals surface area contributed by atoms with E-state index in [9.17, 15) is 9.59 Å². The van der Waals surface area contributed by atoms with Crippen molar-refractivity contribution in [2.45, 2.75) is 26.7 Å². The summed E-state index contributed by atoms with van der Waals surface area (Å²) in [6.07, 6.45) is 2.08. The number of rotatable bonds is 5. The van der Waals surface area contributed by atoms with Crippen LogP contribution in [0.4, 0.5) is 5.82 Å². The molecule has 0 aromatic carbocycles. The van der Waals surface area contributed by atoms with Gasteiger partial charge in [-0.05, 0) is 32.4 Å². The second-order valence-corrected chi connectivity index (χ2v) is 4.59. The first kappa shape index (κ1) is 14.7. The highest BCUT2D eigenvalue weighted by atomic mass is 16.5. The minimum absolute atomic E-state index is 0.0750. The Morgan fingerprint density at radius 3 is 2.76 bits per heavy atom. The molecule has 2 aromatic rings. The van der Waals surface area contributed by atoms with E-state index in [1.165, 1.54) is 18.3 Å². The minimum atomic E-state index is -1.07. The number of nitrogens with zero attached hydrogens (tertiary/aromatic N) is 2. The van der Waals surface area contributed by atoms with Gasteiger partial charge in [-0.3, -0.25) is 4.79 Å². The zero-order valence-electron chi connectivity index (χ0n) is 11.7. The van der Waals surface area contributed by atoms with Gasteiger partial charge in [0, 0.05) is 18.2 Å². The third-order valence-corrected chi connectivity index (χ3v) is 3.06. The van der Waals surface area contributed by atoms with Crippen LogP contribution in [-0.4, -0.2) is 27.1 Å². The van der Waals surface area contributed by atoms with E-state index in [2.05, 4.69) is 15.5 Å². The van der Waals surface area contributed by atoms with E-state index in [4.69, 9.17) is 9.63 Å². The van der Waals surface area contributed by atoms with Crippen LogP contribution in [0, 0.1) is 13.8 Å². The minimum Gasteiger partial charge on any atom is -0.478 e. The first-order valence-electron chi connectivity index (χ1n) is 6.38. The molecule has 0 fully saturated rings. The summed E-state index contributed by atoms with van der Waals surface area (Å²) < 4.78 is 5.03. The second-order valence-electron chi connectivity index (χ2n) is 4.59. The predicted octanol–water partition coefficient (Wildman–Crippen LogP) is 1.96. The Balaban J connectivity index is 1.96. The summed E-state index contributed by atoms with van der Waals surface area (Å²) in [6.45, 7) is 3.62. The van der Waals surface area contributed by atoms with Crippen LogP contribution >= 0.6 is 0 Å². The zero-order valence-corrected chi connectivity index (χ0v) is 11.7. The van der Waals surface area contributed by atoms with E-state index in [1.54, 1.807) is 6.92 Å². The molecule has 0 spiro atoms. The summed E-state index contributed by atoms with van der Waals surface area (Å²) in [5.41, 5.74) is 1.76. The molecule has 0 unspecified atom stereocenters. The number of hydrogen-bond acceptors (Lipinski definition) is 5. The number of amides is 1. The molecule has 2 N–H and O–H groups in total. The molecule has 0 saturated carbocycles. The van der Waals surface area contributed by atoms with Gasteiger partial charge in [0.15, 0.2) is 0 Å². The second kappa shape index (κ2) is 6.17. The topological polar surface area (TPSA) is 105 Å². The monoisotopic (exact) mass is 289 g/mol. The van der Waals surface area contributed by atoms with Gasteiger partial charge < -0.3 is 14.9 Å². The van der Waals surface area contributed by atoms with Gasteiger partial charge in [0.1, 0.15) is 11.6 Å². The Bertz CT molecular complexity index is 659. The molecule has 2 rings (SSSR count). The van der Waals surface area contributed by atoms with Crippen LogP contribution in [0.2, 0.25) is 0 Å². The fourth-order valence-corrected chi connectivity index (χ4v) is 1.93. The van der Waals surface area contributed by atoms with Crippen LogP contribution in [0.15, 0.2) is 22.9 Å². The summed E-state index contributed by atoms with van der Waals surface area (Å²) in [7, 11) is 0. The Kier molecular flexibility index (Phi) is 4.32. The molecule has 7 nitrogen and oxygen atoms in total. The number of pyridine rings is 1. The van der Waals surface area contributed by atoms with Gasteiger partial charge in [-0.2, -0.15) is 0 Å². The van der Waals surface area contributed by atoms with Crippen molar-refractivity contribution >= 4 is 17.7 Å². The fourth-order valence-electron chi connectivity index (χ4n) is 1.93. The molecule has 7 heteroatoms. The lowest BCUT2D eigenvalue weighted by atomic mass is 10.1. The van der Waals surface area contributed by atoms with Crippen molar-refractivity contribution in [1.29, 1.82) is 0 Å². The van der Waals surface area contributed by atoms with Crippen LogP contribution < -0.4 is 5.32 Å². The first-order valence-corrected chi connectivity index (χ1v) is 6.38. The Morgan fingerprint density at radius 2 is 2.14 bits per heavy atom. The molecule has 0 bridgehead atoms. The smallest absolute Gasteiger partial charge is 0.335 e. The van der Waals surface area contributed by atoms with E-state index in [1.807, 2.05) is 6.92 Å². The molecule has 0 aliphatic heterocycles. The zero-order chi connectivity index (χ0) is 15.4. The average Bonchev–Trinajstić information content (AvgIpc) is 2.76. The van der Waals surface area contributed by atoms with Crippen LogP contribution in [0.3, 0.4) is 0 Å². The van der Waals surface area contributed by atoms with Gasteiger partial charge in [0.05, 0.1) is 11.3 Å². The van der Waals surface area contributed by atoms with Crippen molar-refractivity contribution in [1.82, 2.24) is 10.1 Å². The highest BCUT2D eigenvalue weighted by Crippen LogP contribution is 2.15. The number of hydrogen-bond donors (Lipinski definition) is 2. The third kappa shape index (κ3) is 3.65. The highest BCUT2D eigenvalue weighted by molar-refractivity contribution is 5.92. The van der Waals surface area contributed by atoms with Crippen molar-refractivity contribution in [3.8, 4) is 0 Å². The van der Waals surface area contributed by atoms with Gasteiger partial charge in [0.25, 0.3) is 0 Å². The van der Waals surface area contributed by atoms with E-state index in [0.717, 1.165) is 11.3 Å². The number of carboxylic acid groups (broad SMARTS) is 1. The van der Waals surface area contributed by atoms with Gasteiger partial charge in [-0.15, -0.1) is 0 Å². The Hall–Kier alpha value is -2.70. The fraction of sp³-hybridized carbons (Fsp3) is 0.286. The maximum absolute atomic E-state index is 11.9. The summed E-state index contributed by atoms with van der Waals surface area (Å²) >= 11 is 0. The van der Waals surface area contributed by atoms with Gasteiger partial charge in [-0.1, -0.05) is 5.16 Å². The number of aromatic carboxylic acids is 1. The van der Waals surface area contributed by atoms with E-state index < -0.39 is 5.97 Å². The molecule has 0 atom stereocenters. The average molecular weight is 289 g/mol. The summed E-state index contributed by atoms with van der Waals surface area (Å²) in [5, 5.41) is 15.3. The van der Waals surface area contributed by atoms with Gasteiger partial charge in [0.2, 0.25) is 5.91 Å². The molecule has 0 aliphatic rings. The molecule has 2 aromatic heterocycles. The van der Waals surface area contributed by atoms with E-state index in [-0.39, 0.29) is 23.7 Å². The number of carboxylic acids is 1. The first-order chi connectivity index (χ1) is 9.97. The number of nitrogens with one attached hydrogen (secondary N) is 1. The van der Waals surface area contributed by atoms with E-state index >= 15 is 0 Å². The molecular formula is C14H15N3O4. The highest BCUT2D eigenvalue weighted by Gasteiger charge is 2.12. The number of aromatic nitrogens is 2. The molecule has 0 aliphatic carbocycles. The lowest BCUT2D eigenvalue weighted by Gasteiger charge is -2.05.